The quantitative estimate of drug-likeness (QED) is 0.561. The van der Waals surface area contributed by atoms with Crippen LogP contribution in [0.5, 0.6) is 6.01 Å². The minimum Gasteiger partial charge on any atom is -0.453 e. The second-order valence-corrected chi connectivity index (χ2v) is 5.33. The van der Waals surface area contributed by atoms with Crippen LogP contribution in [0.25, 0.3) is 10.2 Å². The molecule has 9 nitrogen and oxygen atoms in total. The lowest BCUT2D eigenvalue weighted by molar-refractivity contribution is -0.384. The fourth-order valence-corrected chi connectivity index (χ4v) is 2.64. The topological polar surface area (TPSA) is 120 Å². The number of anilines is 1. The summed E-state index contributed by atoms with van der Waals surface area (Å²) < 4.78 is 5.73. The van der Waals surface area contributed by atoms with Gasteiger partial charge in [0.25, 0.3) is 11.6 Å². The van der Waals surface area contributed by atoms with Crippen molar-refractivity contribution in [2.24, 2.45) is 0 Å². The molecule has 0 radical (unpaired) electrons. The summed E-state index contributed by atoms with van der Waals surface area (Å²) in [5.41, 5.74) is 0.548. The summed E-state index contributed by atoms with van der Waals surface area (Å²) in [5.74, 6) is -0.425. The number of thiazole rings is 1. The molecule has 0 aliphatic carbocycles. The fourth-order valence-electron chi connectivity index (χ4n) is 1.73. The summed E-state index contributed by atoms with van der Waals surface area (Å²) in [6.07, 6.45) is 3.00. The first-order chi connectivity index (χ1) is 11.1. The number of aromatic nitrogens is 3. The molecule has 1 amide bonds. The van der Waals surface area contributed by atoms with E-state index in [2.05, 4.69) is 20.3 Å². The van der Waals surface area contributed by atoms with Gasteiger partial charge < -0.3 is 4.74 Å². The minimum atomic E-state index is -0.481. The van der Waals surface area contributed by atoms with Gasteiger partial charge in [-0.2, -0.15) is 0 Å². The number of carbonyl (C=O) groups is 1. The van der Waals surface area contributed by atoms with E-state index in [1.165, 1.54) is 30.6 Å². The van der Waals surface area contributed by atoms with Crippen molar-refractivity contribution in [3.05, 3.63) is 46.8 Å². The van der Waals surface area contributed by atoms with Gasteiger partial charge in [-0.15, -0.1) is 0 Å². The maximum atomic E-state index is 11.8. The van der Waals surface area contributed by atoms with Crippen molar-refractivity contribution >= 4 is 38.3 Å². The number of nitrogens with one attached hydrogen (secondary N) is 1. The summed E-state index contributed by atoms with van der Waals surface area (Å²) >= 11 is 1.14. The van der Waals surface area contributed by atoms with E-state index < -0.39 is 10.8 Å². The molecule has 3 aromatic rings. The van der Waals surface area contributed by atoms with E-state index in [9.17, 15) is 14.9 Å². The summed E-state index contributed by atoms with van der Waals surface area (Å²) in [5, 5.41) is 13.6. The van der Waals surface area contributed by atoms with E-state index in [4.69, 9.17) is 4.74 Å². The van der Waals surface area contributed by atoms with Crippen molar-refractivity contribution in [3.63, 3.8) is 0 Å². The van der Waals surface area contributed by atoms with Gasteiger partial charge in [0.05, 0.1) is 15.1 Å². The Morgan fingerprint density at radius 3 is 2.87 bits per heavy atom. The van der Waals surface area contributed by atoms with Crippen molar-refractivity contribution < 1.29 is 14.5 Å². The minimum absolute atomic E-state index is 0.0245. The molecule has 0 bridgehead atoms. The Kier molecular flexibility index (Phi) is 4.06. The number of non-ortho nitro benzene ring substituents is 1. The van der Waals surface area contributed by atoms with Crippen molar-refractivity contribution in [1.82, 2.24) is 15.0 Å². The van der Waals surface area contributed by atoms with Crippen molar-refractivity contribution in [2.75, 3.05) is 11.9 Å². The molecule has 23 heavy (non-hydrogen) atoms. The molecule has 1 N–H and O–H groups in total. The van der Waals surface area contributed by atoms with Crippen LogP contribution in [0.15, 0.2) is 36.7 Å². The monoisotopic (exact) mass is 331 g/mol. The third kappa shape index (κ3) is 3.55. The summed E-state index contributed by atoms with van der Waals surface area (Å²) in [4.78, 5) is 33.9. The van der Waals surface area contributed by atoms with Crippen LogP contribution in [-0.4, -0.2) is 32.4 Å². The van der Waals surface area contributed by atoms with Crippen LogP contribution in [0.3, 0.4) is 0 Å². The Morgan fingerprint density at radius 2 is 2.13 bits per heavy atom. The van der Waals surface area contributed by atoms with Crippen LogP contribution in [0.4, 0.5) is 10.8 Å². The summed E-state index contributed by atoms with van der Waals surface area (Å²) in [7, 11) is 0. The number of carbonyl (C=O) groups excluding carboxylic acids is 1. The van der Waals surface area contributed by atoms with Crippen LogP contribution in [0.1, 0.15) is 0 Å². The molecule has 116 valence electrons. The highest BCUT2D eigenvalue weighted by molar-refractivity contribution is 7.22. The fraction of sp³-hybridized carbons (Fsp3) is 0.0769. The summed E-state index contributed by atoms with van der Waals surface area (Å²) in [6.45, 7) is -0.264. The van der Waals surface area contributed by atoms with Crippen molar-refractivity contribution in [1.29, 1.82) is 0 Å². The van der Waals surface area contributed by atoms with Gasteiger partial charge in [-0.05, 0) is 12.1 Å². The van der Waals surface area contributed by atoms with Gasteiger partial charge in [0.2, 0.25) is 0 Å². The number of fused-ring (bicyclic) bond motifs is 1. The van der Waals surface area contributed by atoms with Crippen molar-refractivity contribution in [2.45, 2.75) is 0 Å². The van der Waals surface area contributed by atoms with Gasteiger partial charge in [-0.25, -0.2) is 15.0 Å². The standard InChI is InChI=1S/C13H9N5O4S/c19-11(7-22-12-14-4-1-5-15-12)17-13-16-9-3-2-8(18(20)21)6-10(9)23-13/h1-6H,7H2,(H,16,17,19). The number of nitro groups is 1. The van der Waals surface area contributed by atoms with E-state index in [-0.39, 0.29) is 18.3 Å². The number of ether oxygens (including phenoxy) is 1. The van der Waals surface area contributed by atoms with E-state index >= 15 is 0 Å². The number of amides is 1. The average molecular weight is 331 g/mol. The molecule has 1 aromatic carbocycles. The predicted molar refractivity (Wildman–Crippen MR) is 82.4 cm³/mol. The molecule has 0 spiro atoms. The smallest absolute Gasteiger partial charge is 0.316 e. The third-order valence-corrected chi connectivity index (χ3v) is 3.64. The Labute approximate surface area is 133 Å². The SMILES string of the molecule is O=C(COc1ncccn1)Nc1nc2ccc([N+](=O)[O-])cc2s1. The highest BCUT2D eigenvalue weighted by Crippen LogP contribution is 2.29. The molecule has 0 aliphatic rings. The van der Waals surface area contributed by atoms with Gasteiger partial charge in [0.15, 0.2) is 11.7 Å². The highest BCUT2D eigenvalue weighted by atomic mass is 32.1. The molecule has 0 atom stereocenters. The second kappa shape index (κ2) is 6.32. The van der Waals surface area contributed by atoms with E-state index in [1.54, 1.807) is 6.07 Å². The number of nitrogens with zero attached hydrogens (tertiary/aromatic N) is 4. The highest BCUT2D eigenvalue weighted by Gasteiger charge is 2.12. The Bertz CT molecular complexity index is 867. The van der Waals surface area contributed by atoms with E-state index in [1.807, 2.05) is 0 Å². The lowest BCUT2D eigenvalue weighted by Crippen LogP contribution is -2.20. The van der Waals surface area contributed by atoms with Gasteiger partial charge >= 0.3 is 6.01 Å². The number of rotatable bonds is 5. The molecule has 0 aliphatic heterocycles. The summed E-state index contributed by atoms with van der Waals surface area (Å²) in [6, 6.07) is 6.05. The molecule has 0 fully saturated rings. The van der Waals surface area contributed by atoms with Crippen LogP contribution >= 0.6 is 11.3 Å². The van der Waals surface area contributed by atoms with Crippen LogP contribution < -0.4 is 10.1 Å². The first-order valence-electron chi connectivity index (χ1n) is 6.36. The first kappa shape index (κ1) is 14.8. The van der Waals surface area contributed by atoms with Crippen LogP contribution in [0, 0.1) is 10.1 Å². The average Bonchev–Trinajstić information content (AvgIpc) is 2.95. The molecule has 2 heterocycles. The normalized spacial score (nSPS) is 10.4. The Balaban J connectivity index is 1.66. The molecule has 0 unspecified atom stereocenters. The number of hydrogen-bond acceptors (Lipinski definition) is 8. The van der Waals surface area contributed by atoms with Gasteiger partial charge in [-0.3, -0.25) is 20.2 Å². The van der Waals surface area contributed by atoms with Gasteiger partial charge in [0, 0.05) is 24.5 Å². The zero-order chi connectivity index (χ0) is 16.2. The lowest BCUT2D eigenvalue weighted by atomic mass is 10.3. The predicted octanol–water partition coefficient (Wildman–Crippen LogP) is 2.01. The maximum Gasteiger partial charge on any atom is 0.316 e. The van der Waals surface area contributed by atoms with Gasteiger partial charge in [-0.1, -0.05) is 11.3 Å². The van der Waals surface area contributed by atoms with Crippen LogP contribution in [0.2, 0.25) is 0 Å². The Hall–Kier alpha value is -3.14. The number of nitro benzene ring substituents is 1. The van der Waals surface area contributed by atoms with Gasteiger partial charge in [0.1, 0.15) is 0 Å². The molecule has 2 aromatic heterocycles. The Morgan fingerprint density at radius 1 is 1.35 bits per heavy atom. The molecule has 3 rings (SSSR count). The molecule has 0 saturated heterocycles. The zero-order valence-corrected chi connectivity index (χ0v) is 12.3. The lowest BCUT2D eigenvalue weighted by Gasteiger charge is -2.02. The molecule has 0 saturated carbocycles. The number of hydrogen-bond donors (Lipinski definition) is 1. The van der Waals surface area contributed by atoms with E-state index in [0.717, 1.165) is 11.3 Å². The van der Waals surface area contributed by atoms with E-state index in [0.29, 0.717) is 15.3 Å². The maximum absolute atomic E-state index is 11.8. The van der Waals surface area contributed by atoms with Crippen molar-refractivity contribution in [3.8, 4) is 6.01 Å². The molecular weight excluding hydrogens is 322 g/mol. The zero-order valence-electron chi connectivity index (χ0n) is 11.5. The first-order valence-corrected chi connectivity index (χ1v) is 7.18. The number of benzene rings is 1. The second-order valence-electron chi connectivity index (χ2n) is 4.30. The molecule has 10 heteroatoms. The largest absolute Gasteiger partial charge is 0.453 e. The molecular formula is C13H9N5O4S. The third-order valence-electron chi connectivity index (χ3n) is 2.70. The van der Waals surface area contributed by atoms with Crippen LogP contribution in [-0.2, 0) is 4.79 Å².